The van der Waals surface area contributed by atoms with E-state index < -0.39 is 4.92 Å². The lowest BCUT2D eigenvalue weighted by Gasteiger charge is -2.29. The second-order valence-corrected chi connectivity index (χ2v) is 4.11. The number of nitro groups is 1. The van der Waals surface area contributed by atoms with Crippen LogP contribution in [0.3, 0.4) is 0 Å². The van der Waals surface area contributed by atoms with Crippen molar-refractivity contribution in [2.75, 3.05) is 11.4 Å². The number of anilines is 1. The van der Waals surface area contributed by atoms with Crippen molar-refractivity contribution >= 4 is 11.4 Å². The maximum Gasteiger partial charge on any atom is 0.287 e. The normalized spacial score (nSPS) is 11.7. The largest absolute Gasteiger partial charge is 0.369 e. The van der Waals surface area contributed by atoms with E-state index in [1.165, 1.54) is 6.07 Å². The zero-order valence-corrected chi connectivity index (χ0v) is 10.9. The summed E-state index contributed by atoms with van der Waals surface area (Å²) in [6.45, 7) is 7.01. The zero-order valence-electron chi connectivity index (χ0n) is 10.9. The lowest BCUT2D eigenvalue weighted by molar-refractivity contribution is -0.385. The number of rotatable bonds is 5. The third kappa shape index (κ3) is 2.77. The van der Waals surface area contributed by atoms with Crippen molar-refractivity contribution in [3.8, 4) is 6.07 Å². The summed E-state index contributed by atoms with van der Waals surface area (Å²) < 4.78 is 0. The summed E-state index contributed by atoms with van der Waals surface area (Å²) in [6.07, 6.45) is 0.979. The molecule has 1 aromatic carbocycles. The second-order valence-electron chi connectivity index (χ2n) is 4.11. The van der Waals surface area contributed by atoms with Gasteiger partial charge < -0.3 is 4.90 Å². The Balaban J connectivity index is 3.20. The molecule has 96 valence electrons. The van der Waals surface area contributed by atoms with Gasteiger partial charge in [-0.15, -0.1) is 0 Å². The highest BCUT2D eigenvalue weighted by Crippen LogP contribution is 2.26. The molecule has 0 saturated carbocycles. The maximum atomic E-state index is 10.8. The molecule has 0 radical (unpaired) electrons. The zero-order chi connectivity index (χ0) is 13.7. The molecular weight excluding hydrogens is 230 g/mol. The van der Waals surface area contributed by atoms with Gasteiger partial charge in [-0.25, -0.2) is 0 Å². The minimum Gasteiger partial charge on any atom is -0.369 e. The molecule has 0 aromatic heterocycles. The Bertz CT molecular complexity index is 480. The quantitative estimate of drug-likeness (QED) is 0.592. The monoisotopic (exact) mass is 247 g/mol. The summed E-state index contributed by atoms with van der Waals surface area (Å²) in [4.78, 5) is 12.4. The molecule has 0 aliphatic heterocycles. The van der Waals surface area contributed by atoms with E-state index in [0.29, 0.717) is 6.04 Å². The van der Waals surface area contributed by atoms with Gasteiger partial charge in [0, 0.05) is 24.3 Å². The Morgan fingerprint density at radius 2 is 2.17 bits per heavy atom. The number of hydrogen-bond acceptors (Lipinski definition) is 4. The number of hydrogen-bond donors (Lipinski definition) is 0. The SMILES string of the molecule is CCC(C)N(CC)c1ccc([N+](=O)[O-])c(C#N)c1. The fourth-order valence-electron chi connectivity index (χ4n) is 1.92. The first-order valence-corrected chi connectivity index (χ1v) is 6.00. The minimum absolute atomic E-state index is 0.110. The van der Waals surface area contributed by atoms with Gasteiger partial charge in [0.15, 0.2) is 0 Å². The van der Waals surface area contributed by atoms with Crippen LogP contribution in [0.25, 0.3) is 0 Å². The first-order chi connectivity index (χ1) is 8.54. The van der Waals surface area contributed by atoms with Crippen molar-refractivity contribution in [1.29, 1.82) is 5.26 Å². The molecule has 18 heavy (non-hydrogen) atoms. The molecule has 5 nitrogen and oxygen atoms in total. The van der Waals surface area contributed by atoms with Gasteiger partial charge in [0.2, 0.25) is 0 Å². The topological polar surface area (TPSA) is 70.2 Å². The first kappa shape index (κ1) is 14.0. The molecule has 0 aliphatic rings. The van der Waals surface area contributed by atoms with Crippen LogP contribution in [0.2, 0.25) is 0 Å². The Hall–Kier alpha value is -2.09. The van der Waals surface area contributed by atoms with E-state index in [9.17, 15) is 10.1 Å². The van der Waals surface area contributed by atoms with Gasteiger partial charge in [-0.2, -0.15) is 5.26 Å². The minimum atomic E-state index is -0.526. The molecule has 1 aromatic rings. The lowest BCUT2D eigenvalue weighted by Crippen LogP contribution is -2.32. The molecule has 0 heterocycles. The summed E-state index contributed by atoms with van der Waals surface area (Å²) in [7, 11) is 0. The highest BCUT2D eigenvalue weighted by Gasteiger charge is 2.17. The van der Waals surface area contributed by atoms with Crippen LogP contribution >= 0.6 is 0 Å². The second kappa shape index (κ2) is 6.01. The predicted octanol–water partition coefficient (Wildman–Crippen LogP) is 3.09. The van der Waals surface area contributed by atoms with Gasteiger partial charge >= 0.3 is 0 Å². The molecule has 1 unspecified atom stereocenters. The average Bonchev–Trinajstić information content (AvgIpc) is 2.38. The summed E-state index contributed by atoms with van der Waals surface area (Å²) >= 11 is 0. The molecule has 0 saturated heterocycles. The van der Waals surface area contributed by atoms with E-state index in [1.807, 2.05) is 13.0 Å². The van der Waals surface area contributed by atoms with Crippen LogP contribution in [0.4, 0.5) is 11.4 Å². The smallest absolute Gasteiger partial charge is 0.287 e. The van der Waals surface area contributed by atoms with Crippen molar-refractivity contribution in [2.24, 2.45) is 0 Å². The van der Waals surface area contributed by atoms with Crippen molar-refractivity contribution in [1.82, 2.24) is 0 Å². The van der Waals surface area contributed by atoms with Crippen molar-refractivity contribution in [3.63, 3.8) is 0 Å². The number of benzene rings is 1. The first-order valence-electron chi connectivity index (χ1n) is 6.00. The Morgan fingerprint density at radius 1 is 1.50 bits per heavy atom. The fraction of sp³-hybridized carbons (Fsp3) is 0.462. The van der Waals surface area contributed by atoms with Crippen LogP contribution in [0.15, 0.2) is 18.2 Å². The lowest BCUT2D eigenvalue weighted by atomic mass is 10.1. The molecule has 5 heteroatoms. The Labute approximate surface area is 107 Å². The highest BCUT2D eigenvalue weighted by molar-refractivity contribution is 5.60. The number of nitro benzene ring substituents is 1. The average molecular weight is 247 g/mol. The molecule has 0 amide bonds. The van der Waals surface area contributed by atoms with E-state index in [4.69, 9.17) is 5.26 Å². The molecule has 1 atom stereocenters. The van der Waals surface area contributed by atoms with E-state index in [1.54, 1.807) is 12.1 Å². The van der Waals surface area contributed by atoms with E-state index in [2.05, 4.69) is 18.7 Å². The fourth-order valence-corrected chi connectivity index (χ4v) is 1.92. The van der Waals surface area contributed by atoms with Gasteiger partial charge in [0.05, 0.1) is 4.92 Å². The molecule has 0 N–H and O–H groups in total. The van der Waals surface area contributed by atoms with Gasteiger partial charge in [-0.1, -0.05) is 6.92 Å². The predicted molar refractivity (Wildman–Crippen MR) is 70.6 cm³/mol. The van der Waals surface area contributed by atoms with Crippen LogP contribution < -0.4 is 4.90 Å². The summed E-state index contributed by atoms with van der Waals surface area (Å²) in [5, 5.41) is 19.7. The Morgan fingerprint density at radius 3 is 2.61 bits per heavy atom. The van der Waals surface area contributed by atoms with Crippen LogP contribution in [-0.2, 0) is 0 Å². The van der Waals surface area contributed by atoms with E-state index in [0.717, 1.165) is 18.7 Å². The Kier molecular flexibility index (Phi) is 4.67. The summed E-state index contributed by atoms with van der Waals surface area (Å²) in [6, 6.07) is 6.92. The molecule has 0 spiro atoms. The van der Waals surface area contributed by atoms with Crippen LogP contribution in [0, 0.1) is 21.4 Å². The summed E-state index contributed by atoms with van der Waals surface area (Å²) in [5.41, 5.74) is 0.828. The molecule has 0 bridgehead atoms. The van der Waals surface area contributed by atoms with Gasteiger partial charge in [-0.3, -0.25) is 10.1 Å². The van der Waals surface area contributed by atoms with E-state index >= 15 is 0 Å². The standard InChI is InChI=1S/C13H17N3O2/c1-4-10(3)15(5-2)12-6-7-13(16(17)18)11(8-12)9-14/h6-8,10H,4-5H2,1-3H3. The number of nitriles is 1. The molecule has 1 rings (SSSR count). The van der Waals surface area contributed by atoms with Crippen LogP contribution in [0.5, 0.6) is 0 Å². The third-order valence-electron chi connectivity index (χ3n) is 3.09. The molecule has 0 aliphatic carbocycles. The third-order valence-corrected chi connectivity index (χ3v) is 3.09. The van der Waals surface area contributed by atoms with Gasteiger partial charge in [0.25, 0.3) is 5.69 Å². The molecule has 0 fully saturated rings. The van der Waals surface area contributed by atoms with Crippen LogP contribution in [0.1, 0.15) is 32.8 Å². The number of nitrogens with zero attached hydrogens (tertiary/aromatic N) is 3. The molecular formula is C13H17N3O2. The maximum absolute atomic E-state index is 10.8. The highest BCUT2D eigenvalue weighted by atomic mass is 16.6. The van der Waals surface area contributed by atoms with E-state index in [-0.39, 0.29) is 11.3 Å². The van der Waals surface area contributed by atoms with Crippen molar-refractivity contribution < 1.29 is 4.92 Å². The van der Waals surface area contributed by atoms with Gasteiger partial charge in [0.1, 0.15) is 11.6 Å². The van der Waals surface area contributed by atoms with Gasteiger partial charge in [-0.05, 0) is 32.4 Å². The van der Waals surface area contributed by atoms with Crippen molar-refractivity contribution in [3.05, 3.63) is 33.9 Å². The summed E-state index contributed by atoms with van der Waals surface area (Å²) in [5.74, 6) is 0. The van der Waals surface area contributed by atoms with Crippen molar-refractivity contribution in [2.45, 2.75) is 33.2 Å². The van der Waals surface area contributed by atoms with Crippen LogP contribution in [-0.4, -0.2) is 17.5 Å².